The maximum absolute atomic E-state index is 10.5. The van der Waals surface area contributed by atoms with Crippen LogP contribution in [0, 0.1) is 0 Å². The highest BCUT2D eigenvalue weighted by Crippen LogP contribution is 2.10. The van der Waals surface area contributed by atoms with Gasteiger partial charge in [0.1, 0.15) is 0 Å². The molecular weight excluding hydrogens is 217 g/mol. The van der Waals surface area contributed by atoms with Crippen molar-refractivity contribution in [3.63, 3.8) is 0 Å². The maximum atomic E-state index is 10.5. The lowest BCUT2D eigenvalue weighted by Crippen LogP contribution is -1.97. The van der Waals surface area contributed by atoms with Crippen LogP contribution in [0.15, 0.2) is 29.2 Å². The van der Waals surface area contributed by atoms with E-state index < -0.39 is 10.1 Å². The minimum absolute atomic E-state index is 0. The first-order chi connectivity index (χ1) is 5.00. The van der Waals surface area contributed by atoms with E-state index in [1.54, 1.807) is 0 Å². The van der Waals surface area contributed by atoms with Crippen molar-refractivity contribution in [3.05, 3.63) is 24.3 Å². The molecule has 0 heterocycles. The van der Waals surface area contributed by atoms with Crippen molar-refractivity contribution in [2.45, 2.75) is 4.90 Å². The fraction of sp³-hybridized carbons (Fsp3) is 0. The van der Waals surface area contributed by atoms with E-state index in [0.717, 1.165) is 0 Å². The van der Waals surface area contributed by atoms with Crippen molar-refractivity contribution in [2.24, 2.45) is 0 Å². The molecule has 0 aliphatic heterocycles. The second-order valence-corrected chi connectivity index (χ2v) is 3.47. The van der Waals surface area contributed by atoms with Crippen molar-refractivity contribution in [3.8, 4) is 0 Å². The quantitative estimate of drug-likeness (QED) is 0.346. The smallest absolute Gasteiger partial charge is 0.316 e. The van der Waals surface area contributed by atoms with Gasteiger partial charge in [0, 0.05) is 5.69 Å². The van der Waals surface area contributed by atoms with Crippen LogP contribution in [0.4, 0.5) is 5.69 Å². The van der Waals surface area contributed by atoms with Gasteiger partial charge in [0.15, 0.2) is 17.4 Å². The lowest BCUT2D eigenvalue weighted by atomic mass is 10.3. The van der Waals surface area contributed by atoms with Gasteiger partial charge in [-0.3, -0.25) is 4.55 Å². The third kappa shape index (κ3) is 4.86. The molecule has 0 atom stereocenters. The Balaban J connectivity index is 0. The van der Waals surface area contributed by atoms with Crippen LogP contribution in [-0.4, -0.2) is 53.4 Å². The number of nitrogen functional groups attached to an aromatic ring is 1. The summed E-state index contributed by atoms with van der Waals surface area (Å²) in [5.41, 5.74) is 5.75. The monoisotopic (exact) mass is 229 g/mol. The van der Waals surface area contributed by atoms with E-state index >= 15 is 0 Å². The molecule has 0 radical (unpaired) electrons. The molecule has 1 aromatic carbocycles. The average molecular weight is 230 g/mol. The van der Waals surface area contributed by atoms with Crippen LogP contribution in [0.1, 0.15) is 0 Å². The number of hydrogen-bond acceptors (Lipinski definition) is 3. The number of anilines is 1. The summed E-state index contributed by atoms with van der Waals surface area (Å²) in [6.07, 6.45) is 0. The minimum atomic E-state index is -4.08. The van der Waals surface area contributed by atoms with Crippen LogP contribution in [0.2, 0.25) is 0 Å². The Bertz CT molecular complexity index is 351. The molecule has 7 heteroatoms. The standard InChI is InChI=1S/C6H7NO3S.Al.Mg.5H/c7-5-1-3-6(4-2-5)11(8,9)10;;;;;;;/h1-4H,7H2,(H,8,9,10);;;;;;;. The highest BCUT2D eigenvalue weighted by atomic mass is 32.2. The van der Waals surface area contributed by atoms with Crippen LogP contribution in [-0.2, 0) is 10.1 Å². The van der Waals surface area contributed by atoms with Crippen molar-refractivity contribution in [2.75, 3.05) is 5.73 Å². The highest BCUT2D eigenvalue weighted by Gasteiger charge is 2.06. The lowest BCUT2D eigenvalue weighted by Gasteiger charge is -1.95. The Morgan fingerprint density at radius 1 is 1.15 bits per heavy atom. The van der Waals surface area contributed by atoms with Gasteiger partial charge in [-0.15, -0.1) is 0 Å². The summed E-state index contributed by atoms with van der Waals surface area (Å²) in [6.45, 7) is 0. The highest BCUT2D eigenvalue weighted by molar-refractivity contribution is 7.85. The fourth-order valence-electron chi connectivity index (χ4n) is 0.640. The molecule has 0 saturated carbocycles. The van der Waals surface area contributed by atoms with Gasteiger partial charge in [-0.1, -0.05) is 0 Å². The van der Waals surface area contributed by atoms with Gasteiger partial charge in [0.2, 0.25) is 0 Å². The largest absolute Gasteiger partial charge is 0.399 e. The number of hydrogen-bond donors (Lipinski definition) is 2. The van der Waals surface area contributed by atoms with E-state index in [1.807, 2.05) is 0 Å². The fourth-order valence-corrected chi connectivity index (χ4v) is 1.12. The number of rotatable bonds is 1. The zero-order valence-corrected chi connectivity index (χ0v) is 6.38. The maximum Gasteiger partial charge on any atom is 0.316 e. The topological polar surface area (TPSA) is 80.4 Å². The van der Waals surface area contributed by atoms with E-state index in [-0.39, 0.29) is 45.3 Å². The third-order valence-electron chi connectivity index (χ3n) is 1.18. The Kier molecular flexibility index (Phi) is 7.07. The average Bonchev–Trinajstić information content (AvgIpc) is 1.86. The van der Waals surface area contributed by atoms with Gasteiger partial charge in [-0.05, 0) is 24.3 Å². The molecule has 0 spiro atoms. The molecular formula is C6H12AlMgNO3S. The molecule has 4 nitrogen and oxygen atoms in total. The van der Waals surface area contributed by atoms with Gasteiger partial charge < -0.3 is 5.73 Å². The van der Waals surface area contributed by atoms with Gasteiger partial charge in [-0.25, -0.2) is 0 Å². The molecule has 0 bridgehead atoms. The molecule has 0 saturated heterocycles. The Morgan fingerprint density at radius 3 is 1.85 bits per heavy atom. The molecule has 0 amide bonds. The Labute approximate surface area is 104 Å². The Morgan fingerprint density at radius 2 is 1.54 bits per heavy atom. The summed E-state index contributed by atoms with van der Waals surface area (Å²) in [4.78, 5) is -0.147. The van der Waals surface area contributed by atoms with E-state index in [9.17, 15) is 8.42 Å². The van der Waals surface area contributed by atoms with Gasteiger partial charge in [0.25, 0.3) is 10.1 Å². The summed E-state index contributed by atoms with van der Waals surface area (Å²) in [6, 6.07) is 5.29. The summed E-state index contributed by atoms with van der Waals surface area (Å²) in [5.74, 6) is 0. The molecule has 1 rings (SSSR count). The number of benzene rings is 1. The van der Waals surface area contributed by atoms with Crippen LogP contribution < -0.4 is 5.73 Å². The SMILES string of the molecule is Nc1ccc(S(=O)(=O)O)cc1.[AlH3].[MgH2]. The van der Waals surface area contributed by atoms with Crippen molar-refractivity contribution >= 4 is 56.2 Å². The van der Waals surface area contributed by atoms with Gasteiger partial charge in [-0.2, -0.15) is 8.42 Å². The zero-order valence-electron chi connectivity index (χ0n) is 5.56. The van der Waals surface area contributed by atoms with Crippen molar-refractivity contribution in [1.82, 2.24) is 0 Å². The number of nitrogens with two attached hydrogens (primary N) is 1. The first-order valence-electron chi connectivity index (χ1n) is 2.83. The molecule has 0 unspecified atom stereocenters. The summed E-state index contributed by atoms with van der Waals surface area (Å²) >= 11 is 0. The molecule has 3 N–H and O–H groups in total. The lowest BCUT2D eigenvalue weighted by molar-refractivity contribution is 0.483. The van der Waals surface area contributed by atoms with Gasteiger partial charge >= 0.3 is 23.1 Å². The van der Waals surface area contributed by atoms with Crippen LogP contribution in [0.25, 0.3) is 0 Å². The van der Waals surface area contributed by atoms with Crippen molar-refractivity contribution in [1.29, 1.82) is 0 Å². The molecule has 0 aromatic heterocycles. The predicted octanol–water partition coefficient (Wildman–Crippen LogP) is -1.58. The normalized spacial score (nSPS) is 9.62. The van der Waals surface area contributed by atoms with Crippen LogP contribution in [0.5, 0.6) is 0 Å². The molecule has 0 aliphatic rings. The first kappa shape index (κ1) is 15.7. The molecule has 1 aromatic rings. The van der Waals surface area contributed by atoms with E-state index in [1.165, 1.54) is 24.3 Å². The van der Waals surface area contributed by atoms with E-state index in [4.69, 9.17) is 10.3 Å². The second-order valence-electron chi connectivity index (χ2n) is 2.04. The molecule has 70 valence electrons. The first-order valence-corrected chi connectivity index (χ1v) is 4.27. The predicted molar refractivity (Wildman–Crippen MR) is 59.2 cm³/mol. The van der Waals surface area contributed by atoms with Gasteiger partial charge in [0.05, 0.1) is 4.90 Å². The third-order valence-corrected chi connectivity index (χ3v) is 2.05. The Hall–Kier alpha value is 0.229. The molecule has 0 fully saturated rings. The summed E-state index contributed by atoms with van der Waals surface area (Å²) < 4.78 is 29.4. The van der Waals surface area contributed by atoms with Crippen molar-refractivity contribution < 1.29 is 13.0 Å². The molecule has 0 aliphatic carbocycles. The molecule has 13 heavy (non-hydrogen) atoms. The minimum Gasteiger partial charge on any atom is -0.399 e. The van der Waals surface area contributed by atoms with E-state index in [2.05, 4.69) is 0 Å². The summed E-state index contributed by atoms with van der Waals surface area (Å²) in [5, 5.41) is 0. The summed E-state index contributed by atoms with van der Waals surface area (Å²) in [7, 11) is -4.08. The zero-order chi connectivity index (χ0) is 8.48. The van der Waals surface area contributed by atoms with Crippen LogP contribution in [0.3, 0.4) is 0 Å². The van der Waals surface area contributed by atoms with Crippen LogP contribution >= 0.6 is 0 Å². The second kappa shape index (κ2) is 5.85. The van der Waals surface area contributed by atoms with E-state index in [0.29, 0.717) is 5.69 Å².